The van der Waals surface area contributed by atoms with Gasteiger partial charge in [-0.2, -0.15) is 0 Å². The molecular weight excluding hydrogens is 202 g/mol. The van der Waals surface area contributed by atoms with Crippen LogP contribution >= 0.6 is 0 Å². The molecule has 0 aliphatic heterocycles. The highest BCUT2D eigenvalue weighted by molar-refractivity contribution is 7.90. The molecular formula is C9H13NO3S. The first-order chi connectivity index (χ1) is 6.34. The summed E-state index contributed by atoms with van der Waals surface area (Å²) < 4.78 is 22.7. The van der Waals surface area contributed by atoms with Crippen LogP contribution in [0.2, 0.25) is 0 Å². The van der Waals surface area contributed by atoms with Crippen molar-refractivity contribution >= 4 is 9.84 Å². The zero-order valence-corrected chi connectivity index (χ0v) is 8.88. The first-order valence-corrected chi connectivity index (χ1v) is 6.00. The van der Waals surface area contributed by atoms with Gasteiger partial charge in [0.2, 0.25) is 0 Å². The second kappa shape index (κ2) is 3.59. The summed E-state index contributed by atoms with van der Waals surface area (Å²) in [6.45, 7) is 1.63. The number of sulfone groups is 1. The smallest absolute Gasteiger partial charge is 0.175 e. The lowest BCUT2D eigenvalue weighted by Crippen LogP contribution is -2.11. The normalized spacial score (nSPS) is 13.9. The summed E-state index contributed by atoms with van der Waals surface area (Å²) in [5.74, 6) is -0.0806. The standard InChI is InChI=1S/C9H13NO3S/c1-6(10)9-7(11)4-3-5-8(9)14(2,12)13/h3-6,11H,10H2,1-2H3. The van der Waals surface area contributed by atoms with Crippen molar-refractivity contribution in [2.24, 2.45) is 5.73 Å². The van der Waals surface area contributed by atoms with Crippen molar-refractivity contribution < 1.29 is 13.5 Å². The maximum Gasteiger partial charge on any atom is 0.175 e. The molecule has 0 spiro atoms. The molecule has 0 radical (unpaired) electrons. The molecule has 0 saturated carbocycles. The fourth-order valence-corrected chi connectivity index (χ4v) is 2.33. The lowest BCUT2D eigenvalue weighted by Gasteiger charge is -2.12. The third kappa shape index (κ3) is 2.05. The molecule has 1 aromatic rings. The molecule has 78 valence electrons. The summed E-state index contributed by atoms with van der Waals surface area (Å²) in [6.07, 6.45) is 1.09. The Hall–Kier alpha value is -1.07. The van der Waals surface area contributed by atoms with Crippen LogP contribution in [-0.4, -0.2) is 19.8 Å². The Morgan fingerprint density at radius 2 is 2.00 bits per heavy atom. The second-order valence-electron chi connectivity index (χ2n) is 3.25. The van der Waals surface area contributed by atoms with Gasteiger partial charge >= 0.3 is 0 Å². The number of hydrogen-bond donors (Lipinski definition) is 2. The Labute approximate surface area is 83.3 Å². The van der Waals surface area contributed by atoms with Gasteiger partial charge < -0.3 is 10.8 Å². The van der Waals surface area contributed by atoms with Gasteiger partial charge in [0, 0.05) is 17.9 Å². The Morgan fingerprint density at radius 1 is 1.43 bits per heavy atom. The molecule has 1 rings (SSSR count). The number of nitrogens with two attached hydrogens (primary N) is 1. The van der Waals surface area contributed by atoms with Crippen LogP contribution in [0.5, 0.6) is 5.75 Å². The zero-order chi connectivity index (χ0) is 10.9. The minimum atomic E-state index is -3.34. The molecule has 14 heavy (non-hydrogen) atoms. The number of benzene rings is 1. The summed E-state index contributed by atoms with van der Waals surface area (Å²) >= 11 is 0. The Kier molecular flexibility index (Phi) is 2.82. The summed E-state index contributed by atoms with van der Waals surface area (Å²) in [5, 5.41) is 9.48. The summed E-state index contributed by atoms with van der Waals surface area (Å²) in [7, 11) is -3.34. The number of aromatic hydroxyl groups is 1. The Balaban J connectivity index is 3.52. The molecule has 4 nitrogen and oxygen atoms in total. The highest BCUT2D eigenvalue weighted by Crippen LogP contribution is 2.29. The van der Waals surface area contributed by atoms with E-state index in [2.05, 4.69) is 0 Å². The Bertz CT molecular complexity index is 437. The predicted molar refractivity (Wildman–Crippen MR) is 53.8 cm³/mol. The number of phenols is 1. The van der Waals surface area contributed by atoms with E-state index in [1.807, 2.05) is 0 Å². The molecule has 0 fully saturated rings. The molecule has 3 N–H and O–H groups in total. The van der Waals surface area contributed by atoms with Gasteiger partial charge in [-0.05, 0) is 19.1 Å². The summed E-state index contributed by atoms with van der Waals surface area (Å²) in [4.78, 5) is 0.0903. The Morgan fingerprint density at radius 3 is 2.36 bits per heavy atom. The predicted octanol–water partition coefficient (Wildman–Crippen LogP) is 0.815. The SMILES string of the molecule is CC(N)c1c(O)cccc1S(C)(=O)=O. The molecule has 0 aromatic heterocycles. The number of phenolic OH excluding ortho intramolecular Hbond substituents is 1. The molecule has 0 aliphatic rings. The van der Waals surface area contributed by atoms with E-state index < -0.39 is 15.9 Å². The fourth-order valence-electron chi connectivity index (χ4n) is 1.31. The van der Waals surface area contributed by atoms with Gasteiger partial charge in [0.1, 0.15) is 5.75 Å². The van der Waals surface area contributed by atoms with E-state index >= 15 is 0 Å². The number of rotatable bonds is 2. The van der Waals surface area contributed by atoms with Crippen molar-refractivity contribution in [2.45, 2.75) is 17.9 Å². The van der Waals surface area contributed by atoms with Gasteiger partial charge in [-0.25, -0.2) is 8.42 Å². The monoisotopic (exact) mass is 215 g/mol. The van der Waals surface area contributed by atoms with Gasteiger partial charge in [0.15, 0.2) is 9.84 Å². The molecule has 0 amide bonds. The topological polar surface area (TPSA) is 80.4 Å². The van der Waals surface area contributed by atoms with Crippen molar-refractivity contribution in [3.05, 3.63) is 23.8 Å². The van der Waals surface area contributed by atoms with Crippen LogP contribution in [0, 0.1) is 0 Å². The fraction of sp³-hybridized carbons (Fsp3) is 0.333. The van der Waals surface area contributed by atoms with E-state index in [0.29, 0.717) is 0 Å². The first kappa shape index (κ1) is 11.0. The average Bonchev–Trinajstić information content (AvgIpc) is 2.01. The van der Waals surface area contributed by atoms with Crippen molar-refractivity contribution in [1.82, 2.24) is 0 Å². The van der Waals surface area contributed by atoms with Crippen molar-refractivity contribution in [1.29, 1.82) is 0 Å². The minimum Gasteiger partial charge on any atom is -0.508 e. The molecule has 1 unspecified atom stereocenters. The van der Waals surface area contributed by atoms with Crippen LogP contribution in [0.1, 0.15) is 18.5 Å². The van der Waals surface area contributed by atoms with E-state index in [4.69, 9.17) is 5.73 Å². The molecule has 0 heterocycles. The lowest BCUT2D eigenvalue weighted by molar-refractivity contribution is 0.460. The van der Waals surface area contributed by atoms with Gasteiger partial charge in [-0.15, -0.1) is 0 Å². The summed E-state index contributed by atoms with van der Waals surface area (Å²) in [5.41, 5.74) is 5.86. The van der Waals surface area contributed by atoms with E-state index in [-0.39, 0.29) is 16.2 Å². The number of hydrogen-bond acceptors (Lipinski definition) is 4. The minimum absolute atomic E-state index is 0.0806. The molecule has 0 bridgehead atoms. The van der Waals surface area contributed by atoms with Gasteiger partial charge in [-0.3, -0.25) is 0 Å². The first-order valence-electron chi connectivity index (χ1n) is 4.11. The highest BCUT2D eigenvalue weighted by Gasteiger charge is 2.18. The molecule has 0 saturated heterocycles. The summed E-state index contributed by atoms with van der Waals surface area (Å²) in [6, 6.07) is 3.83. The maximum atomic E-state index is 11.3. The molecule has 0 aliphatic carbocycles. The largest absolute Gasteiger partial charge is 0.508 e. The second-order valence-corrected chi connectivity index (χ2v) is 5.23. The van der Waals surface area contributed by atoms with Crippen LogP contribution in [0.15, 0.2) is 23.1 Å². The van der Waals surface area contributed by atoms with Crippen LogP contribution in [0.25, 0.3) is 0 Å². The molecule has 1 aromatic carbocycles. The van der Waals surface area contributed by atoms with Crippen LogP contribution < -0.4 is 5.73 Å². The van der Waals surface area contributed by atoms with Crippen LogP contribution in [0.4, 0.5) is 0 Å². The van der Waals surface area contributed by atoms with Crippen LogP contribution in [-0.2, 0) is 9.84 Å². The lowest BCUT2D eigenvalue weighted by atomic mass is 10.1. The maximum absolute atomic E-state index is 11.3. The molecule has 1 atom stereocenters. The quantitative estimate of drug-likeness (QED) is 0.765. The van der Waals surface area contributed by atoms with E-state index in [1.165, 1.54) is 18.2 Å². The van der Waals surface area contributed by atoms with Crippen molar-refractivity contribution in [3.63, 3.8) is 0 Å². The van der Waals surface area contributed by atoms with E-state index in [9.17, 15) is 13.5 Å². The third-order valence-corrected chi connectivity index (χ3v) is 3.05. The van der Waals surface area contributed by atoms with Gasteiger partial charge in [0.25, 0.3) is 0 Å². The van der Waals surface area contributed by atoms with E-state index in [0.717, 1.165) is 6.26 Å². The van der Waals surface area contributed by atoms with Gasteiger partial charge in [-0.1, -0.05) is 6.07 Å². The van der Waals surface area contributed by atoms with Gasteiger partial charge in [0.05, 0.1) is 4.90 Å². The van der Waals surface area contributed by atoms with Crippen molar-refractivity contribution in [3.8, 4) is 5.75 Å². The molecule has 5 heteroatoms. The van der Waals surface area contributed by atoms with Crippen molar-refractivity contribution in [2.75, 3.05) is 6.26 Å². The third-order valence-electron chi connectivity index (χ3n) is 1.90. The zero-order valence-electron chi connectivity index (χ0n) is 8.06. The average molecular weight is 215 g/mol. The van der Waals surface area contributed by atoms with E-state index in [1.54, 1.807) is 6.92 Å². The van der Waals surface area contributed by atoms with Crippen LogP contribution in [0.3, 0.4) is 0 Å². The highest BCUT2D eigenvalue weighted by atomic mass is 32.2.